The molecule has 0 aromatic heterocycles. The number of carbonyl (C=O) groups is 2. The van der Waals surface area contributed by atoms with Crippen molar-refractivity contribution < 1.29 is 28.2 Å². The first-order chi connectivity index (χ1) is 11.3. The summed E-state index contributed by atoms with van der Waals surface area (Å²) < 4.78 is 29.4. The third kappa shape index (κ3) is 3.44. The molecule has 0 radical (unpaired) electrons. The van der Waals surface area contributed by atoms with Crippen LogP contribution in [0.1, 0.15) is 0 Å². The van der Waals surface area contributed by atoms with E-state index in [-0.39, 0.29) is 39.8 Å². The molecular weight excluding hydrogens is 476 g/mol. The van der Waals surface area contributed by atoms with Gasteiger partial charge in [-0.25, -0.2) is 14.0 Å². The fourth-order valence-electron chi connectivity index (χ4n) is 2.12. The highest BCUT2D eigenvalue weighted by molar-refractivity contribution is 9.11. The van der Waals surface area contributed by atoms with E-state index in [1.807, 2.05) is 0 Å². The Morgan fingerprint density at radius 3 is 2.46 bits per heavy atom. The van der Waals surface area contributed by atoms with Gasteiger partial charge in [-0.15, -0.1) is 0 Å². The second kappa shape index (κ2) is 7.81. The van der Waals surface area contributed by atoms with Gasteiger partial charge < -0.3 is 19.1 Å². The molecule has 1 heterocycles. The lowest BCUT2D eigenvalue weighted by atomic mass is 10.1. The van der Waals surface area contributed by atoms with Crippen LogP contribution in [0, 0.1) is 5.82 Å². The Bertz CT molecular complexity index is 740. The van der Waals surface area contributed by atoms with Crippen molar-refractivity contribution in [3.05, 3.63) is 37.1 Å². The van der Waals surface area contributed by atoms with Crippen LogP contribution in [0.4, 0.5) is 10.1 Å². The molecule has 0 atom stereocenters. The fraction of sp³-hybridized carbons (Fsp3) is 0.286. The Balaban J connectivity index is 2.71. The van der Waals surface area contributed by atoms with E-state index in [1.54, 1.807) is 0 Å². The Morgan fingerprint density at radius 1 is 1.25 bits per heavy atom. The molecular formula is C14H11Br2ClFNO5. The predicted molar refractivity (Wildman–Crippen MR) is 91.2 cm³/mol. The van der Waals surface area contributed by atoms with Gasteiger partial charge in [-0.1, -0.05) is 11.6 Å². The minimum absolute atomic E-state index is 0.0538. The zero-order chi connectivity index (χ0) is 18.0. The van der Waals surface area contributed by atoms with Gasteiger partial charge in [0, 0.05) is 4.47 Å². The number of anilines is 1. The lowest BCUT2D eigenvalue weighted by Crippen LogP contribution is -2.39. The van der Waals surface area contributed by atoms with Crippen LogP contribution in [0.3, 0.4) is 0 Å². The van der Waals surface area contributed by atoms with Gasteiger partial charge in [-0.05, 0) is 37.9 Å². The van der Waals surface area contributed by atoms with Crippen molar-refractivity contribution in [3.63, 3.8) is 0 Å². The van der Waals surface area contributed by atoms with Gasteiger partial charge in [0.1, 0.15) is 17.5 Å². The number of carbonyl (C=O) groups excluding carboxylic acids is 2. The molecule has 0 unspecified atom stereocenters. The second-order valence-electron chi connectivity index (χ2n) is 4.53. The van der Waals surface area contributed by atoms with Crippen molar-refractivity contribution in [2.75, 3.05) is 32.5 Å². The summed E-state index contributed by atoms with van der Waals surface area (Å²) in [5.74, 6) is -2.28. The third-order valence-electron chi connectivity index (χ3n) is 3.19. The molecule has 0 spiro atoms. The number of hydrogen-bond acceptors (Lipinski definition) is 6. The van der Waals surface area contributed by atoms with Gasteiger partial charge in [0.2, 0.25) is 0 Å². The van der Waals surface area contributed by atoms with Crippen LogP contribution in [0.5, 0.6) is 0 Å². The smallest absolute Gasteiger partial charge is 0.355 e. The van der Waals surface area contributed by atoms with Gasteiger partial charge in [0.25, 0.3) is 0 Å². The van der Waals surface area contributed by atoms with E-state index < -0.39 is 17.8 Å². The van der Waals surface area contributed by atoms with E-state index in [0.29, 0.717) is 4.47 Å². The van der Waals surface area contributed by atoms with Crippen LogP contribution < -0.4 is 4.90 Å². The monoisotopic (exact) mass is 485 g/mol. The highest BCUT2D eigenvalue weighted by Gasteiger charge is 2.35. The molecule has 0 aliphatic carbocycles. The number of halogens is 4. The highest BCUT2D eigenvalue weighted by atomic mass is 79.9. The van der Waals surface area contributed by atoms with E-state index in [2.05, 4.69) is 36.6 Å². The Morgan fingerprint density at radius 2 is 1.88 bits per heavy atom. The van der Waals surface area contributed by atoms with Crippen molar-refractivity contribution in [1.29, 1.82) is 0 Å². The van der Waals surface area contributed by atoms with Crippen molar-refractivity contribution in [2.45, 2.75) is 0 Å². The molecule has 130 valence electrons. The minimum Gasteiger partial charge on any atom is -0.466 e. The first-order valence-corrected chi connectivity index (χ1v) is 8.37. The summed E-state index contributed by atoms with van der Waals surface area (Å²) in [6, 6.07) is 1.43. The molecule has 2 rings (SSSR count). The number of nitrogens with zero attached hydrogens (tertiary/aromatic N) is 1. The number of ether oxygens (including phenoxy) is 3. The van der Waals surface area contributed by atoms with Crippen LogP contribution in [0.25, 0.3) is 0 Å². The van der Waals surface area contributed by atoms with E-state index in [1.165, 1.54) is 18.1 Å². The van der Waals surface area contributed by atoms with Gasteiger partial charge in [0.15, 0.2) is 5.82 Å². The van der Waals surface area contributed by atoms with E-state index in [0.717, 1.165) is 7.11 Å². The summed E-state index contributed by atoms with van der Waals surface area (Å²) in [5.41, 5.74) is -0.0549. The van der Waals surface area contributed by atoms with E-state index in [9.17, 15) is 14.0 Å². The molecule has 0 N–H and O–H groups in total. The number of rotatable bonds is 3. The largest absolute Gasteiger partial charge is 0.466 e. The van der Waals surface area contributed by atoms with Crippen molar-refractivity contribution in [3.8, 4) is 0 Å². The Kier molecular flexibility index (Phi) is 6.24. The Hall–Kier alpha value is -1.16. The quantitative estimate of drug-likeness (QED) is 0.370. The lowest BCUT2D eigenvalue weighted by Gasteiger charge is -2.32. The van der Waals surface area contributed by atoms with Crippen LogP contribution in [0.15, 0.2) is 26.3 Å². The topological polar surface area (TPSA) is 65.1 Å². The molecule has 0 amide bonds. The van der Waals surface area contributed by atoms with E-state index >= 15 is 0 Å². The second-order valence-corrected chi connectivity index (χ2v) is 6.62. The first-order valence-electron chi connectivity index (χ1n) is 6.41. The average Bonchev–Trinajstić information content (AvgIpc) is 2.58. The average molecular weight is 488 g/mol. The van der Waals surface area contributed by atoms with Gasteiger partial charge in [-0.2, -0.15) is 0 Å². The van der Waals surface area contributed by atoms with Crippen LogP contribution >= 0.6 is 43.5 Å². The van der Waals surface area contributed by atoms with Gasteiger partial charge >= 0.3 is 11.9 Å². The number of hydrogen-bond donors (Lipinski definition) is 0. The SMILES string of the molecule is COC(=O)C1=C(C(=O)OC)N(c2c(Br)cc(Br)c(F)c2Cl)COC1. The minimum atomic E-state index is -0.801. The van der Waals surface area contributed by atoms with Gasteiger partial charge in [0.05, 0.1) is 36.6 Å². The summed E-state index contributed by atoms with van der Waals surface area (Å²) in [6.45, 7) is -0.286. The lowest BCUT2D eigenvalue weighted by molar-refractivity contribution is -0.140. The molecule has 1 aliphatic rings. The molecule has 24 heavy (non-hydrogen) atoms. The number of esters is 2. The van der Waals surface area contributed by atoms with E-state index in [4.69, 9.17) is 21.1 Å². The maximum absolute atomic E-state index is 14.2. The van der Waals surface area contributed by atoms with Crippen molar-refractivity contribution in [2.24, 2.45) is 0 Å². The summed E-state index contributed by atoms with van der Waals surface area (Å²) >= 11 is 12.4. The summed E-state index contributed by atoms with van der Waals surface area (Å²) in [4.78, 5) is 25.4. The number of benzene rings is 1. The maximum atomic E-state index is 14.2. The standard InChI is InChI=1S/C14H11Br2ClFNO5/c1-22-13(20)6-4-24-5-19(11(6)14(21)23-2)12-8(16)3-7(15)10(18)9(12)17/h3H,4-5H2,1-2H3. The first kappa shape index (κ1) is 19.2. The zero-order valence-electron chi connectivity index (χ0n) is 12.5. The molecule has 0 saturated heterocycles. The molecule has 1 aliphatic heterocycles. The fourth-order valence-corrected chi connectivity index (χ4v) is 4.03. The van der Waals surface area contributed by atoms with Crippen molar-refractivity contribution in [1.82, 2.24) is 0 Å². The summed E-state index contributed by atoms with van der Waals surface area (Å²) in [7, 11) is 2.34. The summed E-state index contributed by atoms with van der Waals surface area (Å²) in [5, 5.41) is -0.257. The van der Waals surface area contributed by atoms with Crippen LogP contribution in [-0.2, 0) is 23.8 Å². The molecule has 0 bridgehead atoms. The number of methoxy groups -OCH3 is 2. The molecule has 0 saturated carbocycles. The van der Waals surface area contributed by atoms with Crippen LogP contribution in [0.2, 0.25) is 5.02 Å². The maximum Gasteiger partial charge on any atom is 0.355 e. The molecule has 1 aromatic carbocycles. The molecule has 1 aromatic rings. The Labute approximate surface area is 158 Å². The molecule has 0 fully saturated rings. The van der Waals surface area contributed by atoms with Crippen molar-refractivity contribution >= 4 is 61.1 Å². The summed E-state index contributed by atoms with van der Waals surface area (Å²) in [6.07, 6.45) is 0. The van der Waals surface area contributed by atoms with Crippen LogP contribution in [-0.4, -0.2) is 39.5 Å². The third-order valence-corrected chi connectivity index (χ3v) is 4.72. The van der Waals surface area contributed by atoms with Gasteiger partial charge in [-0.3, -0.25) is 0 Å². The normalized spacial score (nSPS) is 14.7. The zero-order valence-corrected chi connectivity index (χ0v) is 16.4. The predicted octanol–water partition coefficient (Wildman–Crippen LogP) is 3.40. The molecule has 10 heteroatoms. The molecule has 6 nitrogen and oxygen atoms in total. The highest BCUT2D eigenvalue weighted by Crippen LogP contribution is 2.42.